The summed E-state index contributed by atoms with van der Waals surface area (Å²) in [4.78, 5) is 18.1. The Kier molecular flexibility index (Phi) is 7.02. The highest BCUT2D eigenvalue weighted by atomic mass is 35.5. The number of hydrogen-bond acceptors (Lipinski definition) is 6. The number of ether oxygens (including phenoxy) is 1. The molecular formula is C17H20ClF3N2O4S2. The van der Waals surface area contributed by atoms with E-state index in [9.17, 15) is 26.4 Å². The quantitative estimate of drug-likeness (QED) is 0.592. The molecule has 2 atom stereocenters. The zero-order chi connectivity index (χ0) is 21.2. The average Bonchev–Trinajstić information content (AvgIpc) is 3.26. The third kappa shape index (κ3) is 5.99. The summed E-state index contributed by atoms with van der Waals surface area (Å²) in [5, 5.41) is -0.0733. The van der Waals surface area contributed by atoms with Crippen molar-refractivity contribution < 1.29 is 31.1 Å². The lowest BCUT2D eigenvalue weighted by Gasteiger charge is -2.30. The van der Waals surface area contributed by atoms with Crippen molar-refractivity contribution >= 4 is 39.1 Å². The maximum atomic E-state index is 12.8. The Morgan fingerprint density at radius 1 is 1.38 bits per heavy atom. The van der Waals surface area contributed by atoms with Crippen LogP contribution in [0, 0.1) is 0 Å². The van der Waals surface area contributed by atoms with Gasteiger partial charge in [-0.1, -0.05) is 23.4 Å². The SMILES string of the molecule is O=C(CSc1ncc(C(F)(F)F)cc1Cl)N(C[C@@H]1CCCO1)[C@@H]1CCS(=O)(=O)C1. The second-order valence-electron chi connectivity index (χ2n) is 7.04. The summed E-state index contributed by atoms with van der Waals surface area (Å²) < 4.78 is 67.4. The maximum Gasteiger partial charge on any atom is 0.417 e. The number of rotatable bonds is 6. The molecule has 3 rings (SSSR count). The second kappa shape index (κ2) is 8.99. The first kappa shape index (κ1) is 22.6. The Morgan fingerprint density at radius 3 is 2.69 bits per heavy atom. The molecule has 0 spiro atoms. The van der Waals surface area contributed by atoms with Crippen LogP contribution in [0.1, 0.15) is 24.8 Å². The van der Waals surface area contributed by atoms with E-state index in [0.717, 1.165) is 30.7 Å². The number of nitrogens with zero attached hydrogens (tertiary/aromatic N) is 2. The van der Waals surface area contributed by atoms with E-state index in [-0.39, 0.29) is 39.3 Å². The van der Waals surface area contributed by atoms with Crippen LogP contribution in [-0.4, -0.2) is 66.8 Å². The zero-order valence-electron chi connectivity index (χ0n) is 15.3. The summed E-state index contributed by atoms with van der Waals surface area (Å²) in [6.07, 6.45) is -1.98. The second-order valence-corrected chi connectivity index (χ2v) is 10.6. The Bertz CT molecular complexity index is 861. The van der Waals surface area contributed by atoms with Gasteiger partial charge in [-0.25, -0.2) is 13.4 Å². The number of halogens is 4. The van der Waals surface area contributed by atoms with E-state index in [0.29, 0.717) is 25.8 Å². The van der Waals surface area contributed by atoms with Gasteiger partial charge in [-0.3, -0.25) is 4.79 Å². The van der Waals surface area contributed by atoms with Gasteiger partial charge in [0, 0.05) is 25.4 Å². The van der Waals surface area contributed by atoms with Crippen LogP contribution >= 0.6 is 23.4 Å². The molecule has 0 saturated carbocycles. The normalized spacial score (nSPS) is 24.0. The van der Waals surface area contributed by atoms with E-state index < -0.39 is 27.6 Å². The number of carbonyl (C=O) groups is 1. The van der Waals surface area contributed by atoms with Gasteiger partial charge in [0.2, 0.25) is 5.91 Å². The van der Waals surface area contributed by atoms with Gasteiger partial charge in [-0.05, 0) is 25.3 Å². The largest absolute Gasteiger partial charge is 0.417 e. The average molecular weight is 473 g/mol. The van der Waals surface area contributed by atoms with Gasteiger partial charge in [0.1, 0.15) is 5.03 Å². The van der Waals surface area contributed by atoms with Crippen molar-refractivity contribution in [3.05, 3.63) is 22.8 Å². The molecule has 0 radical (unpaired) electrons. The van der Waals surface area contributed by atoms with Crippen LogP contribution in [0.3, 0.4) is 0 Å². The number of alkyl halides is 3. The molecule has 0 bridgehead atoms. The third-order valence-corrected chi connectivity index (χ3v) is 8.00. The number of carbonyl (C=O) groups excluding carboxylic acids is 1. The lowest BCUT2D eigenvalue weighted by molar-refractivity contribution is -0.138. The highest BCUT2D eigenvalue weighted by Gasteiger charge is 2.36. The summed E-state index contributed by atoms with van der Waals surface area (Å²) >= 11 is 6.82. The van der Waals surface area contributed by atoms with Crippen LogP contribution in [0.5, 0.6) is 0 Å². The van der Waals surface area contributed by atoms with E-state index in [1.54, 1.807) is 0 Å². The molecule has 1 aromatic rings. The molecule has 12 heteroatoms. The van der Waals surface area contributed by atoms with Gasteiger partial charge in [-0.2, -0.15) is 13.2 Å². The predicted molar refractivity (Wildman–Crippen MR) is 103 cm³/mol. The molecule has 162 valence electrons. The van der Waals surface area contributed by atoms with Crippen LogP contribution in [0.15, 0.2) is 17.3 Å². The molecule has 0 unspecified atom stereocenters. The molecule has 0 N–H and O–H groups in total. The van der Waals surface area contributed by atoms with E-state index >= 15 is 0 Å². The minimum atomic E-state index is -4.55. The number of aromatic nitrogens is 1. The zero-order valence-corrected chi connectivity index (χ0v) is 17.7. The molecule has 6 nitrogen and oxygen atoms in total. The van der Waals surface area contributed by atoms with Gasteiger partial charge in [-0.15, -0.1) is 0 Å². The lowest BCUT2D eigenvalue weighted by Crippen LogP contribution is -2.46. The lowest BCUT2D eigenvalue weighted by atomic mass is 10.1. The molecule has 2 saturated heterocycles. The van der Waals surface area contributed by atoms with Crippen molar-refractivity contribution in [2.24, 2.45) is 0 Å². The number of hydrogen-bond donors (Lipinski definition) is 0. The van der Waals surface area contributed by atoms with Crippen molar-refractivity contribution in [2.75, 3.05) is 30.4 Å². The van der Waals surface area contributed by atoms with E-state index in [2.05, 4.69) is 4.98 Å². The van der Waals surface area contributed by atoms with Crippen LogP contribution in [-0.2, 0) is 25.5 Å². The first-order chi connectivity index (χ1) is 13.5. The van der Waals surface area contributed by atoms with Crippen LogP contribution in [0.25, 0.3) is 0 Å². The smallest absolute Gasteiger partial charge is 0.376 e. The monoisotopic (exact) mass is 472 g/mol. The minimum absolute atomic E-state index is 0.0341. The molecule has 1 amide bonds. The molecule has 2 fully saturated rings. The summed E-state index contributed by atoms with van der Waals surface area (Å²) in [6.45, 7) is 0.906. The molecule has 0 aliphatic carbocycles. The topological polar surface area (TPSA) is 76.6 Å². The summed E-state index contributed by atoms with van der Waals surface area (Å²) in [7, 11) is -3.18. The number of amides is 1. The first-order valence-corrected chi connectivity index (χ1v) is 12.2. The van der Waals surface area contributed by atoms with Gasteiger partial charge < -0.3 is 9.64 Å². The minimum Gasteiger partial charge on any atom is -0.376 e. The van der Waals surface area contributed by atoms with Crippen molar-refractivity contribution in [1.29, 1.82) is 0 Å². The predicted octanol–water partition coefficient (Wildman–Crippen LogP) is 3.04. The molecule has 1 aromatic heterocycles. The van der Waals surface area contributed by atoms with Crippen molar-refractivity contribution in [2.45, 2.75) is 42.6 Å². The molecule has 2 aliphatic heterocycles. The Balaban J connectivity index is 1.68. The van der Waals surface area contributed by atoms with E-state index in [1.807, 2.05) is 0 Å². The molecule has 2 aliphatic rings. The Morgan fingerprint density at radius 2 is 2.14 bits per heavy atom. The fourth-order valence-corrected chi connectivity index (χ4v) is 6.19. The Labute approximate surface area is 176 Å². The Hall–Kier alpha value is -1.04. The van der Waals surface area contributed by atoms with Gasteiger partial charge in [0.05, 0.1) is 33.9 Å². The van der Waals surface area contributed by atoms with Crippen LogP contribution in [0.2, 0.25) is 5.02 Å². The maximum absolute atomic E-state index is 12.8. The molecule has 29 heavy (non-hydrogen) atoms. The summed E-state index contributed by atoms with van der Waals surface area (Å²) in [5.41, 5.74) is -0.964. The number of pyridine rings is 1. The number of sulfone groups is 1. The highest BCUT2D eigenvalue weighted by Crippen LogP contribution is 2.34. The van der Waals surface area contributed by atoms with Crippen LogP contribution in [0.4, 0.5) is 13.2 Å². The van der Waals surface area contributed by atoms with Crippen molar-refractivity contribution in [3.63, 3.8) is 0 Å². The number of thioether (sulfide) groups is 1. The van der Waals surface area contributed by atoms with E-state index in [4.69, 9.17) is 16.3 Å². The first-order valence-electron chi connectivity index (χ1n) is 9.02. The fraction of sp³-hybridized carbons (Fsp3) is 0.647. The third-order valence-electron chi connectivity index (χ3n) is 4.86. The van der Waals surface area contributed by atoms with E-state index in [1.165, 1.54) is 4.90 Å². The van der Waals surface area contributed by atoms with Crippen molar-refractivity contribution in [1.82, 2.24) is 9.88 Å². The van der Waals surface area contributed by atoms with Gasteiger partial charge >= 0.3 is 6.18 Å². The molecular weight excluding hydrogens is 453 g/mol. The van der Waals surface area contributed by atoms with Crippen molar-refractivity contribution in [3.8, 4) is 0 Å². The highest BCUT2D eigenvalue weighted by molar-refractivity contribution is 8.00. The van der Waals surface area contributed by atoms with Gasteiger partial charge in [0.25, 0.3) is 0 Å². The van der Waals surface area contributed by atoms with Gasteiger partial charge in [0.15, 0.2) is 9.84 Å². The molecule has 3 heterocycles. The fourth-order valence-electron chi connectivity index (χ4n) is 3.38. The molecule has 0 aromatic carbocycles. The van der Waals surface area contributed by atoms with Crippen LogP contribution < -0.4 is 0 Å². The standard InChI is InChI=1S/C17H20ClF3N2O4S2/c18-14-6-11(17(19,20)21)7-22-16(14)28-9-15(24)23(8-13-2-1-4-27-13)12-3-5-29(25,26)10-12/h6-7,12-13H,1-5,8-10H2/t12-,13+/m1/s1. The summed E-state index contributed by atoms with van der Waals surface area (Å²) in [6, 6.07) is 0.350. The summed E-state index contributed by atoms with van der Waals surface area (Å²) in [5.74, 6) is -0.478.